The summed E-state index contributed by atoms with van der Waals surface area (Å²) in [6, 6.07) is 7.70. The van der Waals surface area contributed by atoms with Crippen LogP contribution in [0.25, 0.3) is 0 Å². The van der Waals surface area contributed by atoms with Gasteiger partial charge in [-0.1, -0.05) is 6.07 Å². The van der Waals surface area contributed by atoms with Crippen LogP contribution >= 0.6 is 0 Å². The molecular formula is C22H24FN3O3. The van der Waals surface area contributed by atoms with Gasteiger partial charge in [-0.3, -0.25) is 9.59 Å². The maximum absolute atomic E-state index is 13.8. The molecule has 7 heteroatoms. The Bertz CT molecular complexity index is 904. The number of amides is 2. The quantitative estimate of drug-likeness (QED) is 0.837. The van der Waals surface area contributed by atoms with Gasteiger partial charge in [0.15, 0.2) is 0 Å². The molecular weight excluding hydrogens is 373 g/mol. The molecule has 0 spiro atoms. The fourth-order valence-corrected chi connectivity index (χ4v) is 3.42. The molecule has 4 rings (SSSR count). The number of hydrogen-bond donors (Lipinski definition) is 1. The summed E-state index contributed by atoms with van der Waals surface area (Å²) >= 11 is 0. The number of likely N-dealkylation sites (tertiary alicyclic amines) is 1. The van der Waals surface area contributed by atoms with Gasteiger partial charge in [0.05, 0.1) is 11.3 Å². The van der Waals surface area contributed by atoms with Gasteiger partial charge < -0.3 is 15.0 Å². The monoisotopic (exact) mass is 397 g/mol. The van der Waals surface area contributed by atoms with Crippen molar-refractivity contribution in [3.63, 3.8) is 0 Å². The number of hydrogen-bond acceptors (Lipinski definition) is 4. The van der Waals surface area contributed by atoms with Crippen molar-refractivity contribution in [2.45, 2.75) is 38.7 Å². The Labute approximate surface area is 169 Å². The van der Waals surface area contributed by atoms with Gasteiger partial charge in [0.2, 0.25) is 11.8 Å². The van der Waals surface area contributed by atoms with Gasteiger partial charge in [-0.25, -0.2) is 9.37 Å². The number of ether oxygens (including phenoxy) is 1. The van der Waals surface area contributed by atoms with E-state index in [1.165, 1.54) is 18.2 Å². The number of piperidine rings is 1. The molecule has 2 aliphatic rings. The molecule has 29 heavy (non-hydrogen) atoms. The Hall–Kier alpha value is -2.96. The second kappa shape index (κ2) is 8.19. The van der Waals surface area contributed by atoms with Gasteiger partial charge in [0.25, 0.3) is 5.91 Å². The first-order valence-electron chi connectivity index (χ1n) is 9.98. The minimum Gasteiger partial charge on any atom is -0.474 e. The molecule has 0 unspecified atom stereocenters. The van der Waals surface area contributed by atoms with E-state index in [1.54, 1.807) is 11.1 Å². The number of rotatable bonds is 5. The summed E-state index contributed by atoms with van der Waals surface area (Å²) in [5.41, 5.74) is 1.63. The van der Waals surface area contributed by atoms with Crippen molar-refractivity contribution in [3.8, 4) is 5.88 Å². The van der Waals surface area contributed by atoms with Crippen LogP contribution in [0.1, 0.15) is 41.6 Å². The van der Waals surface area contributed by atoms with E-state index in [-0.39, 0.29) is 29.4 Å². The molecule has 1 aliphatic carbocycles. The Morgan fingerprint density at radius 1 is 1.14 bits per heavy atom. The van der Waals surface area contributed by atoms with Gasteiger partial charge >= 0.3 is 0 Å². The Morgan fingerprint density at radius 2 is 1.90 bits per heavy atom. The van der Waals surface area contributed by atoms with Gasteiger partial charge in [-0.2, -0.15) is 0 Å². The minimum absolute atomic E-state index is 0.00582. The number of aromatic nitrogens is 1. The fraction of sp³-hybridized carbons (Fsp3) is 0.409. The molecule has 152 valence electrons. The normalized spacial score (nSPS) is 17.1. The number of carbonyl (C=O) groups is 2. The number of anilines is 1. The zero-order chi connectivity index (χ0) is 20.4. The zero-order valence-electron chi connectivity index (χ0n) is 16.4. The Kier molecular flexibility index (Phi) is 5.47. The lowest BCUT2D eigenvalue weighted by Gasteiger charge is -2.32. The summed E-state index contributed by atoms with van der Waals surface area (Å²) in [7, 11) is 0. The highest BCUT2D eigenvalue weighted by Crippen LogP contribution is 2.31. The van der Waals surface area contributed by atoms with Crippen molar-refractivity contribution in [2.75, 3.05) is 18.4 Å². The fourth-order valence-electron chi connectivity index (χ4n) is 3.42. The molecule has 1 N–H and O–H groups in total. The van der Waals surface area contributed by atoms with Crippen LogP contribution in [0.15, 0.2) is 36.5 Å². The third kappa shape index (κ3) is 4.72. The lowest BCUT2D eigenvalue weighted by molar-refractivity contribution is -0.117. The lowest BCUT2D eigenvalue weighted by atomic mass is 10.0. The predicted octanol–water partition coefficient (Wildman–Crippen LogP) is 3.56. The molecule has 0 radical (unpaired) electrons. The third-order valence-corrected chi connectivity index (χ3v) is 5.32. The summed E-state index contributed by atoms with van der Waals surface area (Å²) in [5, 5.41) is 2.78. The van der Waals surface area contributed by atoms with Crippen LogP contribution in [-0.2, 0) is 4.79 Å². The molecule has 1 aliphatic heterocycles. The Morgan fingerprint density at radius 3 is 2.55 bits per heavy atom. The third-order valence-electron chi connectivity index (χ3n) is 5.32. The highest BCUT2D eigenvalue weighted by molar-refractivity contribution is 6.04. The van der Waals surface area contributed by atoms with Crippen molar-refractivity contribution in [1.29, 1.82) is 0 Å². The largest absolute Gasteiger partial charge is 0.474 e. The van der Waals surface area contributed by atoms with Crippen LogP contribution in [0, 0.1) is 18.7 Å². The van der Waals surface area contributed by atoms with Crippen LogP contribution < -0.4 is 10.1 Å². The van der Waals surface area contributed by atoms with Crippen LogP contribution in [-0.4, -0.2) is 40.9 Å². The maximum Gasteiger partial charge on any atom is 0.256 e. The second-order valence-electron chi connectivity index (χ2n) is 7.74. The SMILES string of the molecule is Cc1ccc(OC2CCN(C(=O)c3cc(F)ccc3NC(=O)C3CC3)CC2)nc1. The molecule has 2 fully saturated rings. The summed E-state index contributed by atoms with van der Waals surface area (Å²) in [6.07, 6.45) is 4.80. The van der Waals surface area contributed by atoms with E-state index in [2.05, 4.69) is 10.3 Å². The first-order chi connectivity index (χ1) is 14.0. The van der Waals surface area contributed by atoms with E-state index >= 15 is 0 Å². The van der Waals surface area contributed by atoms with E-state index < -0.39 is 5.82 Å². The maximum atomic E-state index is 13.8. The second-order valence-corrected chi connectivity index (χ2v) is 7.74. The molecule has 1 aromatic carbocycles. The standard InChI is InChI=1S/C22H24FN3O3/c1-14-2-7-20(24-13-14)29-17-8-10-26(11-9-17)22(28)18-12-16(23)5-6-19(18)25-21(27)15-3-4-15/h2,5-7,12-13,15,17H,3-4,8-11H2,1H3,(H,25,27). The number of carbonyl (C=O) groups excluding carboxylic acids is 2. The van der Waals surface area contributed by atoms with Crippen molar-refractivity contribution in [1.82, 2.24) is 9.88 Å². The summed E-state index contributed by atoms with van der Waals surface area (Å²) in [4.78, 5) is 31.0. The lowest BCUT2D eigenvalue weighted by Crippen LogP contribution is -2.42. The molecule has 2 aromatic rings. The summed E-state index contributed by atoms with van der Waals surface area (Å²) < 4.78 is 19.7. The van der Waals surface area contributed by atoms with Crippen molar-refractivity contribution in [2.24, 2.45) is 5.92 Å². The molecule has 2 amide bonds. The average Bonchev–Trinajstić information content (AvgIpc) is 3.56. The summed E-state index contributed by atoms with van der Waals surface area (Å²) in [5.74, 6) is -0.297. The number of halogens is 1. The van der Waals surface area contributed by atoms with Gasteiger partial charge in [-0.05, 0) is 43.5 Å². The number of pyridine rings is 1. The van der Waals surface area contributed by atoms with E-state index in [0.717, 1.165) is 18.4 Å². The zero-order valence-corrected chi connectivity index (χ0v) is 16.4. The number of aryl methyl sites for hydroxylation is 1. The first-order valence-corrected chi connectivity index (χ1v) is 9.98. The highest BCUT2D eigenvalue weighted by Gasteiger charge is 2.31. The van der Waals surface area contributed by atoms with Crippen molar-refractivity contribution < 1.29 is 18.7 Å². The van der Waals surface area contributed by atoms with E-state index in [4.69, 9.17) is 4.74 Å². The van der Waals surface area contributed by atoms with E-state index in [9.17, 15) is 14.0 Å². The van der Waals surface area contributed by atoms with Crippen LogP contribution in [0.4, 0.5) is 10.1 Å². The topological polar surface area (TPSA) is 71.5 Å². The minimum atomic E-state index is -0.499. The smallest absolute Gasteiger partial charge is 0.256 e. The highest BCUT2D eigenvalue weighted by atomic mass is 19.1. The van der Waals surface area contributed by atoms with Crippen LogP contribution in [0.5, 0.6) is 5.88 Å². The van der Waals surface area contributed by atoms with Crippen LogP contribution in [0.3, 0.4) is 0 Å². The molecule has 1 saturated heterocycles. The number of benzene rings is 1. The predicted molar refractivity (Wildman–Crippen MR) is 106 cm³/mol. The van der Waals surface area contributed by atoms with Crippen molar-refractivity contribution >= 4 is 17.5 Å². The molecule has 1 saturated carbocycles. The molecule has 0 bridgehead atoms. The van der Waals surface area contributed by atoms with E-state index in [0.29, 0.717) is 37.5 Å². The average molecular weight is 397 g/mol. The molecule has 6 nitrogen and oxygen atoms in total. The molecule has 1 aromatic heterocycles. The van der Waals surface area contributed by atoms with Crippen molar-refractivity contribution in [3.05, 3.63) is 53.5 Å². The summed E-state index contributed by atoms with van der Waals surface area (Å²) in [6.45, 7) is 2.97. The molecule has 0 atom stereocenters. The first kappa shape index (κ1) is 19.4. The number of nitrogens with zero attached hydrogens (tertiary/aromatic N) is 2. The van der Waals surface area contributed by atoms with Gasteiger partial charge in [0, 0.05) is 44.1 Å². The Balaban J connectivity index is 1.39. The molecule has 2 heterocycles. The van der Waals surface area contributed by atoms with E-state index in [1.807, 2.05) is 19.1 Å². The van der Waals surface area contributed by atoms with Gasteiger partial charge in [-0.15, -0.1) is 0 Å². The number of nitrogens with one attached hydrogen (secondary N) is 1. The van der Waals surface area contributed by atoms with Crippen LogP contribution in [0.2, 0.25) is 0 Å². The van der Waals surface area contributed by atoms with Gasteiger partial charge in [0.1, 0.15) is 11.9 Å².